The van der Waals surface area contributed by atoms with E-state index in [2.05, 4.69) is 10.6 Å². The van der Waals surface area contributed by atoms with E-state index in [9.17, 15) is 14.4 Å². The van der Waals surface area contributed by atoms with Gasteiger partial charge in [-0.2, -0.15) is 0 Å². The molecule has 2 saturated heterocycles. The summed E-state index contributed by atoms with van der Waals surface area (Å²) in [5, 5.41) is 5.09. The highest BCUT2D eigenvalue weighted by Crippen LogP contribution is 2.17. The van der Waals surface area contributed by atoms with E-state index in [1.165, 1.54) is 4.90 Å². The standard InChI is InChI=1S/C14H16N4O3/c19-12-9-17(13(20)11-8-15-14(21)16-11)6-7-18(12)10-4-2-1-3-5-10/h1-5,11H,6-9H2,(H2,15,16,21). The molecule has 1 aromatic rings. The Labute approximate surface area is 121 Å². The molecule has 110 valence electrons. The zero-order valence-electron chi connectivity index (χ0n) is 11.4. The zero-order valence-corrected chi connectivity index (χ0v) is 11.4. The second-order valence-electron chi connectivity index (χ2n) is 5.05. The van der Waals surface area contributed by atoms with Crippen molar-refractivity contribution in [3.8, 4) is 0 Å². The van der Waals surface area contributed by atoms with Crippen molar-refractivity contribution in [2.75, 3.05) is 31.1 Å². The number of piperazine rings is 1. The fourth-order valence-corrected chi connectivity index (χ4v) is 2.57. The minimum absolute atomic E-state index is 0.0418. The molecule has 1 atom stereocenters. The van der Waals surface area contributed by atoms with Gasteiger partial charge in [0.15, 0.2) is 0 Å². The summed E-state index contributed by atoms with van der Waals surface area (Å²) in [6, 6.07) is 8.46. The predicted octanol–water partition coefficient (Wildman–Crippen LogP) is -0.457. The summed E-state index contributed by atoms with van der Waals surface area (Å²) < 4.78 is 0. The van der Waals surface area contributed by atoms with Crippen molar-refractivity contribution in [3.05, 3.63) is 30.3 Å². The van der Waals surface area contributed by atoms with E-state index in [-0.39, 0.29) is 30.9 Å². The van der Waals surface area contributed by atoms with E-state index in [0.29, 0.717) is 13.1 Å². The van der Waals surface area contributed by atoms with Gasteiger partial charge in [-0.05, 0) is 12.1 Å². The molecule has 2 N–H and O–H groups in total. The van der Waals surface area contributed by atoms with E-state index in [1.54, 1.807) is 4.90 Å². The molecular formula is C14H16N4O3. The smallest absolute Gasteiger partial charge is 0.315 e. The number of benzene rings is 1. The lowest BCUT2D eigenvalue weighted by molar-refractivity contribution is -0.138. The molecule has 21 heavy (non-hydrogen) atoms. The van der Waals surface area contributed by atoms with Crippen LogP contribution in [0.3, 0.4) is 0 Å². The van der Waals surface area contributed by atoms with Crippen LogP contribution in [0.5, 0.6) is 0 Å². The molecule has 7 heteroatoms. The molecule has 2 fully saturated rings. The van der Waals surface area contributed by atoms with E-state index in [4.69, 9.17) is 0 Å². The Morgan fingerprint density at radius 3 is 2.52 bits per heavy atom. The van der Waals surface area contributed by atoms with Crippen molar-refractivity contribution < 1.29 is 14.4 Å². The first-order valence-corrected chi connectivity index (χ1v) is 6.84. The molecule has 0 saturated carbocycles. The monoisotopic (exact) mass is 288 g/mol. The molecule has 0 aliphatic carbocycles. The van der Waals surface area contributed by atoms with Crippen LogP contribution in [0.1, 0.15) is 0 Å². The van der Waals surface area contributed by atoms with Crippen LogP contribution in [-0.2, 0) is 9.59 Å². The predicted molar refractivity (Wildman–Crippen MR) is 75.7 cm³/mol. The topological polar surface area (TPSA) is 81.8 Å². The van der Waals surface area contributed by atoms with E-state index >= 15 is 0 Å². The molecule has 4 amide bonds. The maximum absolute atomic E-state index is 12.2. The number of carbonyl (C=O) groups excluding carboxylic acids is 3. The molecule has 1 aromatic carbocycles. The summed E-state index contributed by atoms with van der Waals surface area (Å²) in [4.78, 5) is 38.7. The Bertz CT molecular complexity index is 575. The molecule has 3 rings (SSSR count). The number of amides is 4. The first-order chi connectivity index (χ1) is 10.1. The Morgan fingerprint density at radius 2 is 1.90 bits per heavy atom. The largest absolute Gasteiger partial charge is 0.336 e. The minimum atomic E-state index is -0.575. The summed E-state index contributed by atoms with van der Waals surface area (Å²) in [5.74, 6) is -0.326. The summed E-state index contributed by atoms with van der Waals surface area (Å²) in [5.41, 5.74) is 0.838. The van der Waals surface area contributed by atoms with Gasteiger partial charge in [0, 0.05) is 25.3 Å². The number of carbonyl (C=O) groups is 3. The lowest BCUT2D eigenvalue weighted by Crippen LogP contribution is -2.56. The van der Waals surface area contributed by atoms with E-state index in [0.717, 1.165) is 5.69 Å². The maximum atomic E-state index is 12.2. The summed E-state index contributed by atoms with van der Waals surface area (Å²) in [6.45, 7) is 1.24. The Balaban J connectivity index is 1.64. The maximum Gasteiger partial charge on any atom is 0.315 e. The highest BCUT2D eigenvalue weighted by atomic mass is 16.2. The van der Waals surface area contributed by atoms with Crippen molar-refractivity contribution in [2.45, 2.75) is 6.04 Å². The molecule has 2 heterocycles. The Hall–Kier alpha value is -2.57. The van der Waals surface area contributed by atoms with Crippen LogP contribution in [0.25, 0.3) is 0 Å². The number of hydrogen-bond acceptors (Lipinski definition) is 3. The lowest BCUT2D eigenvalue weighted by Gasteiger charge is -2.35. The van der Waals surface area contributed by atoms with E-state index in [1.807, 2.05) is 30.3 Å². The fraction of sp³-hybridized carbons (Fsp3) is 0.357. The van der Waals surface area contributed by atoms with Gasteiger partial charge in [0.1, 0.15) is 12.6 Å². The highest BCUT2D eigenvalue weighted by molar-refractivity contribution is 5.99. The molecular weight excluding hydrogens is 272 g/mol. The molecule has 1 unspecified atom stereocenters. The van der Waals surface area contributed by atoms with Crippen LogP contribution in [-0.4, -0.2) is 55.0 Å². The number of rotatable bonds is 2. The van der Waals surface area contributed by atoms with Crippen molar-refractivity contribution in [3.63, 3.8) is 0 Å². The summed E-state index contributed by atoms with van der Waals surface area (Å²) >= 11 is 0. The number of para-hydroxylation sites is 1. The average Bonchev–Trinajstić information content (AvgIpc) is 2.94. The van der Waals surface area contributed by atoms with Crippen LogP contribution in [0, 0.1) is 0 Å². The number of anilines is 1. The van der Waals surface area contributed by atoms with Crippen LogP contribution in [0.2, 0.25) is 0 Å². The first kappa shape index (κ1) is 13.4. The zero-order chi connectivity index (χ0) is 14.8. The quantitative estimate of drug-likeness (QED) is 0.773. The van der Waals surface area contributed by atoms with Crippen molar-refractivity contribution in [1.29, 1.82) is 0 Å². The van der Waals surface area contributed by atoms with Gasteiger partial charge in [0.25, 0.3) is 0 Å². The van der Waals surface area contributed by atoms with Gasteiger partial charge >= 0.3 is 6.03 Å². The molecule has 2 aliphatic heterocycles. The van der Waals surface area contributed by atoms with Gasteiger partial charge in [-0.25, -0.2) is 4.79 Å². The Kier molecular flexibility index (Phi) is 3.47. The third kappa shape index (κ3) is 2.67. The summed E-state index contributed by atoms with van der Waals surface area (Å²) in [7, 11) is 0. The third-order valence-electron chi connectivity index (χ3n) is 3.67. The average molecular weight is 288 g/mol. The van der Waals surface area contributed by atoms with Gasteiger partial charge in [0.05, 0.1) is 0 Å². The third-order valence-corrected chi connectivity index (χ3v) is 3.67. The number of urea groups is 1. The van der Waals surface area contributed by atoms with Crippen molar-refractivity contribution >= 4 is 23.5 Å². The van der Waals surface area contributed by atoms with Gasteiger partial charge in [-0.1, -0.05) is 18.2 Å². The van der Waals surface area contributed by atoms with Gasteiger partial charge in [-0.3, -0.25) is 9.59 Å². The minimum Gasteiger partial charge on any atom is -0.336 e. The summed E-state index contributed by atoms with van der Waals surface area (Å²) in [6.07, 6.45) is 0. The van der Waals surface area contributed by atoms with Crippen molar-refractivity contribution in [1.82, 2.24) is 15.5 Å². The van der Waals surface area contributed by atoms with Crippen molar-refractivity contribution in [2.24, 2.45) is 0 Å². The van der Waals surface area contributed by atoms with Gasteiger partial charge < -0.3 is 20.4 Å². The molecule has 0 bridgehead atoms. The van der Waals surface area contributed by atoms with Gasteiger partial charge in [0.2, 0.25) is 11.8 Å². The van der Waals surface area contributed by atoms with Gasteiger partial charge in [-0.15, -0.1) is 0 Å². The van der Waals surface area contributed by atoms with Crippen LogP contribution >= 0.6 is 0 Å². The Morgan fingerprint density at radius 1 is 1.14 bits per heavy atom. The second-order valence-corrected chi connectivity index (χ2v) is 5.05. The molecule has 0 aromatic heterocycles. The number of nitrogens with one attached hydrogen (secondary N) is 2. The number of nitrogens with zero attached hydrogens (tertiary/aromatic N) is 2. The van der Waals surface area contributed by atoms with Crippen LogP contribution in [0.4, 0.5) is 10.5 Å². The van der Waals surface area contributed by atoms with Crippen LogP contribution in [0.15, 0.2) is 30.3 Å². The molecule has 2 aliphatic rings. The highest BCUT2D eigenvalue weighted by Gasteiger charge is 2.34. The SMILES string of the molecule is O=C1NCC(C(=O)N2CCN(c3ccccc3)C(=O)C2)N1. The van der Waals surface area contributed by atoms with E-state index < -0.39 is 6.04 Å². The molecule has 0 radical (unpaired) electrons. The second kappa shape index (κ2) is 5.43. The molecule has 7 nitrogen and oxygen atoms in total. The fourth-order valence-electron chi connectivity index (χ4n) is 2.57. The lowest BCUT2D eigenvalue weighted by atomic mass is 10.2. The molecule has 0 spiro atoms. The first-order valence-electron chi connectivity index (χ1n) is 6.84. The van der Waals surface area contributed by atoms with Crippen LogP contribution < -0.4 is 15.5 Å². The normalized spacial score (nSPS) is 22.0. The number of hydrogen-bond donors (Lipinski definition) is 2.